The summed E-state index contributed by atoms with van der Waals surface area (Å²) in [6, 6.07) is 13.2. The van der Waals surface area contributed by atoms with Crippen molar-refractivity contribution >= 4 is 22.4 Å². The number of aryl methyl sites for hydroxylation is 1. The molecule has 0 aliphatic heterocycles. The molecule has 0 aliphatic carbocycles. The molecule has 4 nitrogen and oxygen atoms in total. The summed E-state index contributed by atoms with van der Waals surface area (Å²) in [6.07, 6.45) is -4.49. The van der Waals surface area contributed by atoms with E-state index in [-0.39, 0.29) is 17.8 Å². The fourth-order valence-corrected chi connectivity index (χ4v) is 2.74. The largest absolute Gasteiger partial charge is 0.416 e. The van der Waals surface area contributed by atoms with Gasteiger partial charge in [0.15, 0.2) is 0 Å². The monoisotopic (exact) mass is 360 g/mol. The fourth-order valence-electron chi connectivity index (χ4n) is 2.74. The van der Waals surface area contributed by atoms with Crippen LogP contribution in [0.5, 0.6) is 0 Å². The molecule has 7 heteroatoms. The van der Waals surface area contributed by atoms with Crippen molar-refractivity contribution in [3.05, 3.63) is 76.2 Å². The number of pyridine rings is 1. The minimum Gasteiger partial charge on any atom is -0.325 e. The first kappa shape index (κ1) is 17.7. The van der Waals surface area contributed by atoms with Gasteiger partial charge in [-0.05, 0) is 42.6 Å². The summed E-state index contributed by atoms with van der Waals surface area (Å²) in [5, 5.41) is 3.65. The number of fused-ring (bicyclic) bond motifs is 1. The number of halogens is 3. The van der Waals surface area contributed by atoms with Crippen LogP contribution in [0.1, 0.15) is 11.3 Å². The molecule has 2 aromatic carbocycles. The smallest absolute Gasteiger partial charge is 0.325 e. The fraction of sp³-hybridized carbons (Fsp3) is 0.158. The van der Waals surface area contributed by atoms with Gasteiger partial charge in [0.05, 0.1) is 5.56 Å². The van der Waals surface area contributed by atoms with Crippen LogP contribution in [0.2, 0.25) is 0 Å². The number of rotatable bonds is 3. The molecule has 26 heavy (non-hydrogen) atoms. The number of nitrogens with one attached hydrogen (secondary N) is 1. The maximum Gasteiger partial charge on any atom is 0.416 e. The predicted octanol–water partition coefficient (Wildman–Crippen LogP) is 3.97. The van der Waals surface area contributed by atoms with Crippen LogP contribution in [-0.4, -0.2) is 10.5 Å². The third-order valence-corrected chi connectivity index (χ3v) is 4.00. The van der Waals surface area contributed by atoms with Gasteiger partial charge >= 0.3 is 6.18 Å². The van der Waals surface area contributed by atoms with E-state index in [1.54, 1.807) is 31.2 Å². The van der Waals surface area contributed by atoms with Crippen molar-refractivity contribution in [3.63, 3.8) is 0 Å². The Kier molecular flexibility index (Phi) is 4.54. The topological polar surface area (TPSA) is 51.1 Å². The lowest BCUT2D eigenvalue weighted by molar-refractivity contribution is -0.137. The Morgan fingerprint density at radius 2 is 1.81 bits per heavy atom. The Hall–Kier alpha value is -3.09. The number of nitrogens with zero attached hydrogens (tertiary/aromatic N) is 1. The van der Waals surface area contributed by atoms with E-state index in [1.807, 2.05) is 6.07 Å². The first-order valence-corrected chi connectivity index (χ1v) is 7.82. The Bertz CT molecular complexity index is 1040. The van der Waals surface area contributed by atoms with Gasteiger partial charge in [-0.1, -0.05) is 24.3 Å². The van der Waals surface area contributed by atoms with E-state index in [9.17, 15) is 22.8 Å². The van der Waals surface area contributed by atoms with Gasteiger partial charge in [0.2, 0.25) is 5.91 Å². The van der Waals surface area contributed by atoms with Gasteiger partial charge in [-0.3, -0.25) is 9.59 Å². The Labute approximate surface area is 146 Å². The maximum absolute atomic E-state index is 12.7. The Morgan fingerprint density at radius 3 is 2.54 bits per heavy atom. The molecule has 0 fully saturated rings. The molecular formula is C19H15F3N2O2. The van der Waals surface area contributed by atoms with Crippen LogP contribution in [0.4, 0.5) is 18.9 Å². The Morgan fingerprint density at radius 1 is 1.08 bits per heavy atom. The number of carbonyl (C=O) groups excluding carboxylic acids is 1. The molecule has 0 bridgehead atoms. The zero-order chi connectivity index (χ0) is 18.9. The summed E-state index contributed by atoms with van der Waals surface area (Å²) >= 11 is 0. The molecule has 1 N–H and O–H groups in total. The van der Waals surface area contributed by atoms with Gasteiger partial charge in [-0.15, -0.1) is 0 Å². The van der Waals surface area contributed by atoms with Crippen LogP contribution < -0.4 is 10.9 Å². The van der Waals surface area contributed by atoms with Gasteiger partial charge in [0, 0.05) is 16.8 Å². The van der Waals surface area contributed by atoms with Gasteiger partial charge in [-0.2, -0.15) is 13.2 Å². The van der Waals surface area contributed by atoms with Crippen LogP contribution in [0.25, 0.3) is 10.8 Å². The summed E-state index contributed by atoms with van der Waals surface area (Å²) in [5.41, 5.74) is -0.557. The molecule has 1 amide bonds. The number of benzene rings is 2. The van der Waals surface area contributed by atoms with E-state index >= 15 is 0 Å². The summed E-state index contributed by atoms with van der Waals surface area (Å²) in [7, 11) is 0. The first-order chi connectivity index (χ1) is 12.3. The SMILES string of the molecule is Cc1cc2ccccc2c(=O)n1CC(=O)Nc1cccc(C(F)(F)F)c1. The molecule has 134 valence electrons. The van der Waals surface area contributed by atoms with E-state index in [4.69, 9.17) is 0 Å². The second-order valence-electron chi connectivity index (χ2n) is 5.89. The zero-order valence-corrected chi connectivity index (χ0v) is 13.8. The molecule has 0 spiro atoms. The van der Waals surface area contributed by atoms with Crippen LogP contribution in [0.15, 0.2) is 59.4 Å². The highest BCUT2D eigenvalue weighted by Gasteiger charge is 2.30. The minimum atomic E-state index is -4.49. The zero-order valence-electron chi connectivity index (χ0n) is 13.8. The van der Waals surface area contributed by atoms with Crippen molar-refractivity contribution in [1.82, 2.24) is 4.57 Å². The molecule has 0 unspecified atom stereocenters. The molecule has 0 aliphatic rings. The molecule has 0 saturated carbocycles. The molecule has 3 rings (SSSR count). The summed E-state index contributed by atoms with van der Waals surface area (Å²) in [6.45, 7) is 1.41. The van der Waals surface area contributed by atoms with E-state index in [0.29, 0.717) is 11.1 Å². The van der Waals surface area contributed by atoms with Crippen molar-refractivity contribution in [2.75, 3.05) is 5.32 Å². The van der Waals surface area contributed by atoms with Crippen molar-refractivity contribution in [2.24, 2.45) is 0 Å². The maximum atomic E-state index is 12.7. The highest BCUT2D eigenvalue weighted by molar-refractivity contribution is 5.91. The molecule has 1 aromatic heterocycles. The van der Waals surface area contributed by atoms with Gasteiger partial charge < -0.3 is 9.88 Å². The molecule has 0 saturated heterocycles. The predicted molar refractivity (Wildman–Crippen MR) is 93.0 cm³/mol. The van der Waals surface area contributed by atoms with Crippen LogP contribution in [0.3, 0.4) is 0 Å². The second-order valence-corrected chi connectivity index (χ2v) is 5.89. The molecular weight excluding hydrogens is 345 g/mol. The van der Waals surface area contributed by atoms with Gasteiger partial charge in [0.25, 0.3) is 5.56 Å². The van der Waals surface area contributed by atoms with E-state index in [2.05, 4.69) is 5.32 Å². The minimum absolute atomic E-state index is 0.0244. The number of alkyl halides is 3. The number of aromatic nitrogens is 1. The highest BCUT2D eigenvalue weighted by atomic mass is 19.4. The number of hydrogen-bond acceptors (Lipinski definition) is 2. The van der Waals surface area contributed by atoms with Crippen LogP contribution in [-0.2, 0) is 17.5 Å². The van der Waals surface area contributed by atoms with E-state index in [0.717, 1.165) is 17.5 Å². The lowest BCUT2D eigenvalue weighted by atomic mass is 10.1. The third kappa shape index (κ3) is 3.61. The summed E-state index contributed by atoms with van der Waals surface area (Å²) in [4.78, 5) is 24.8. The van der Waals surface area contributed by atoms with Crippen LogP contribution in [0, 0.1) is 6.92 Å². The first-order valence-electron chi connectivity index (χ1n) is 7.82. The summed E-state index contributed by atoms with van der Waals surface area (Å²) < 4.78 is 39.5. The van der Waals surface area contributed by atoms with Gasteiger partial charge in [-0.25, -0.2) is 0 Å². The Balaban J connectivity index is 1.85. The average molecular weight is 360 g/mol. The van der Waals surface area contributed by atoms with E-state index in [1.165, 1.54) is 16.7 Å². The van der Waals surface area contributed by atoms with Crippen molar-refractivity contribution in [2.45, 2.75) is 19.6 Å². The number of carbonyl (C=O) groups is 1. The second kappa shape index (κ2) is 6.67. The van der Waals surface area contributed by atoms with Crippen molar-refractivity contribution < 1.29 is 18.0 Å². The summed E-state index contributed by atoms with van der Waals surface area (Å²) in [5.74, 6) is -0.579. The lowest BCUT2D eigenvalue weighted by Crippen LogP contribution is -2.29. The molecule has 1 heterocycles. The van der Waals surface area contributed by atoms with E-state index < -0.39 is 17.6 Å². The highest BCUT2D eigenvalue weighted by Crippen LogP contribution is 2.30. The quantitative estimate of drug-likeness (QED) is 0.768. The number of amides is 1. The van der Waals surface area contributed by atoms with Gasteiger partial charge in [0.1, 0.15) is 6.54 Å². The molecule has 0 atom stereocenters. The molecule has 0 radical (unpaired) electrons. The average Bonchev–Trinajstić information content (AvgIpc) is 2.58. The van der Waals surface area contributed by atoms with Crippen LogP contribution >= 0.6 is 0 Å². The number of anilines is 1. The molecule has 3 aromatic rings. The standard InChI is InChI=1S/C19H15F3N2O2/c1-12-9-13-5-2-3-8-16(13)18(26)24(12)11-17(25)23-15-7-4-6-14(10-15)19(20,21)22/h2-10H,11H2,1H3,(H,23,25). The van der Waals surface area contributed by atoms with Crippen molar-refractivity contribution in [3.8, 4) is 0 Å². The van der Waals surface area contributed by atoms with Crippen molar-refractivity contribution in [1.29, 1.82) is 0 Å². The lowest BCUT2D eigenvalue weighted by Gasteiger charge is -2.13. The number of hydrogen-bond donors (Lipinski definition) is 1. The third-order valence-electron chi connectivity index (χ3n) is 4.00. The normalized spacial score (nSPS) is 11.5.